The molecule has 1 aliphatic heterocycles. The molecular weight excluding hydrogens is 208 g/mol. The van der Waals surface area contributed by atoms with Crippen LogP contribution in [-0.4, -0.2) is 34.6 Å². The fourth-order valence-corrected chi connectivity index (χ4v) is 2.27. The highest BCUT2D eigenvalue weighted by molar-refractivity contribution is 5.77. The molecule has 0 aliphatic carbocycles. The Bertz CT molecular complexity index is 296. The number of amides is 2. The van der Waals surface area contributed by atoms with Gasteiger partial charge in [-0.25, -0.2) is 4.79 Å². The average Bonchev–Trinajstić information content (AvgIpc) is 2.15. The molecule has 0 aromatic rings. The van der Waals surface area contributed by atoms with Crippen molar-refractivity contribution in [2.24, 2.45) is 17.1 Å². The number of carbonyl (C=O) groups is 2. The normalized spacial score (nSPS) is 26.6. The van der Waals surface area contributed by atoms with Crippen LogP contribution < -0.4 is 5.73 Å². The molecule has 0 radical (unpaired) electrons. The van der Waals surface area contributed by atoms with E-state index in [1.54, 1.807) is 0 Å². The molecule has 1 aliphatic rings. The van der Waals surface area contributed by atoms with Gasteiger partial charge in [0.25, 0.3) is 0 Å². The Kier molecular flexibility index (Phi) is 3.45. The third kappa shape index (κ3) is 2.65. The molecule has 0 aromatic heterocycles. The summed E-state index contributed by atoms with van der Waals surface area (Å²) in [5, 5.41) is 9.11. The molecule has 0 bridgehead atoms. The third-order valence-corrected chi connectivity index (χ3v) is 3.25. The first-order valence-electron chi connectivity index (χ1n) is 5.52. The molecule has 5 heteroatoms. The van der Waals surface area contributed by atoms with Crippen molar-refractivity contribution < 1.29 is 14.7 Å². The largest absolute Gasteiger partial charge is 0.465 e. The van der Waals surface area contributed by atoms with E-state index in [4.69, 9.17) is 10.8 Å². The molecule has 1 heterocycles. The Morgan fingerprint density at radius 3 is 2.31 bits per heavy atom. The van der Waals surface area contributed by atoms with Crippen molar-refractivity contribution >= 4 is 12.0 Å². The second-order valence-corrected chi connectivity index (χ2v) is 5.48. The smallest absolute Gasteiger partial charge is 0.407 e. The minimum atomic E-state index is -0.914. The van der Waals surface area contributed by atoms with Gasteiger partial charge in [-0.3, -0.25) is 4.79 Å². The summed E-state index contributed by atoms with van der Waals surface area (Å²) in [4.78, 5) is 23.7. The lowest BCUT2D eigenvalue weighted by Gasteiger charge is -2.43. The number of piperidine rings is 1. The van der Waals surface area contributed by atoms with Crippen molar-refractivity contribution in [2.75, 3.05) is 6.54 Å². The van der Waals surface area contributed by atoms with Gasteiger partial charge in [0.1, 0.15) is 0 Å². The van der Waals surface area contributed by atoms with Gasteiger partial charge in [-0.15, -0.1) is 0 Å². The number of likely N-dealkylation sites (tertiary alicyclic amines) is 1. The fourth-order valence-electron chi connectivity index (χ4n) is 2.27. The Morgan fingerprint density at radius 2 is 1.94 bits per heavy atom. The van der Waals surface area contributed by atoms with Gasteiger partial charge in [0.2, 0.25) is 5.91 Å². The van der Waals surface area contributed by atoms with E-state index in [-0.39, 0.29) is 23.3 Å². The van der Waals surface area contributed by atoms with E-state index < -0.39 is 6.09 Å². The zero-order chi connectivity index (χ0) is 12.5. The van der Waals surface area contributed by atoms with Crippen molar-refractivity contribution in [1.29, 1.82) is 0 Å². The molecule has 2 unspecified atom stereocenters. The first-order chi connectivity index (χ1) is 7.23. The summed E-state index contributed by atoms with van der Waals surface area (Å²) in [6.45, 7) is 6.34. The molecule has 2 atom stereocenters. The van der Waals surface area contributed by atoms with Crippen LogP contribution in [0.3, 0.4) is 0 Å². The topological polar surface area (TPSA) is 83.6 Å². The molecule has 5 nitrogen and oxygen atoms in total. The van der Waals surface area contributed by atoms with E-state index in [1.165, 1.54) is 4.90 Å². The molecule has 1 rings (SSSR count). The standard InChI is InChI=1S/C11H20N2O3/c1-11(2,3)8-6-7(9(12)14)4-5-13(8)10(15)16/h7-8H,4-6H2,1-3H3,(H2,12,14)(H,15,16). The number of nitrogens with two attached hydrogens (primary N) is 1. The third-order valence-electron chi connectivity index (χ3n) is 3.25. The number of hydrogen-bond donors (Lipinski definition) is 2. The SMILES string of the molecule is CC(C)(C)C1CC(C(N)=O)CCN1C(=O)O. The molecule has 16 heavy (non-hydrogen) atoms. The minimum Gasteiger partial charge on any atom is -0.465 e. The van der Waals surface area contributed by atoms with Crippen molar-refractivity contribution in [2.45, 2.75) is 39.7 Å². The second kappa shape index (κ2) is 4.31. The predicted octanol–water partition coefficient (Wildman–Crippen LogP) is 1.28. The van der Waals surface area contributed by atoms with Crippen molar-refractivity contribution in [1.82, 2.24) is 4.90 Å². The fraction of sp³-hybridized carbons (Fsp3) is 0.818. The maximum absolute atomic E-state index is 11.2. The molecule has 92 valence electrons. The summed E-state index contributed by atoms with van der Waals surface area (Å²) in [6, 6.07) is -0.142. The maximum Gasteiger partial charge on any atom is 0.407 e. The molecule has 2 amide bonds. The van der Waals surface area contributed by atoms with Crippen LogP contribution in [0.4, 0.5) is 4.79 Å². The molecule has 0 spiro atoms. The molecule has 1 saturated heterocycles. The van der Waals surface area contributed by atoms with E-state index in [2.05, 4.69) is 0 Å². The zero-order valence-corrected chi connectivity index (χ0v) is 10.1. The van der Waals surface area contributed by atoms with Crippen molar-refractivity contribution in [3.63, 3.8) is 0 Å². The van der Waals surface area contributed by atoms with Gasteiger partial charge >= 0.3 is 6.09 Å². The van der Waals surface area contributed by atoms with Gasteiger partial charge in [-0.05, 0) is 18.3 Å². The van der Waals surface area contributed by atoms with Crippen LogP contribution in [0.15, 0.2) is 0 Å². The van der Waals surface area contributed by atoms with Crippen LogP contribution in [0, 0.1) is 11.3 Å². The van der Waals surface area contributed by atoms with Gasteiger partial charge in [-0.2, -0.15) is 0 Å². The van der Waals surface area contributed by atoms with E-state index >= 15 is 0 Å². The van der Waals surface area contributed by atoms with E-state index in [9.17, 15) is 9.59 Å². The summed E-state index contributed by atoms with van der Waals surface area (Å²) in [6.07, 6.45) is 0.155. The quantitative estimate of drug-likeness (QED) is 0.709. The predicted molar refractivity (Wildman–Crippen MR) is 59.9 cm³/mol. The van der Waals surface area contributed by atoms with Crippen LogP contribution in [0.1, 0.15) is 33.6 Å². The number of hydrogen-bond acceptors (Lipinski definition) is 2. The van der Waals surface area contributed by atoms with Crippen molar-refractivity contribution in [3.05, 3.63) is 0 Å². The Labute approximate surface area is 95.6 Å². The number of rotatable bonds is 1. The lowest BCUT2D eigenvalue weighted by atomic mass is 9.77. The van der Waals surface area contributed by atoms with Crippen molar-refractivity contribution in [3.8, 4) is 0 Å². The average molecular weight is 228 g/mol. The Morgan fingerprint density at radius 1 is 1.38 bits per heavy atom. The Hall–Kier alpha value is -1.26. The van der Waals surface area contributed by atoms with Crippen LogP contribution in [0.5, 0.6) is 0 Å². The first kappa shape index (κ1) is 12.8. The molecular formula is C11H20N2O3. The van der Waals surface area contributed by atoms with Crippen LogP contribution in [-0.2, 0) is 4.79 Å². The minimum absolute atomic E-state index is 0.142. The highest BCUT2D eigenvalue weighted by Gasteiger charge is 2.39. The molecule has 0 aromatic carbocycles. The van der Waals surface area contributed by atoms with E-state index in [0.717, 1.165) is 0 Å². The highest BCUT2D eigenvalue weighted by atomic mass is 16.4. The number of carbonyl (C=O) groups excluding carboxylic acids is 1. The lowest BCUT2D eigenvalue weighted by Crippen LogP contribution is -2.53. The zero-order valence-electron chi connectivity index (χ0n) is 10.1. The second-order valence-electron chi connectivity index (χ2n) is 5.48. The van der Waals surface area contributed by atoms with Gasteiger partial charge in [0, 0.05) is 18.5 Å². The summed E-state index contributed by atoms with van der Waals surface area (Å²) in [7, 11) is 0. The Balaban J connectivity index is 2.86. The summed E-state index contributed by atoms with van der Waals surface area (Å²) >= 11 is 0. The maximum atomic E-state index is 11.2. The monoisotopic (exact) mass is 228 g/mol. The number of nitrogens with zero attached hydrogens (tertiary/aromatic N) is 1. The van der Waals surface area contributed by atoms with Crippen LogP contribution >= 0.6 is 0 Å². The van der Waals surface area contributed by atoms with Gasteiger partial charge < -0.3 is 15.7 Å². The van der Waals surface area contributed by atoms with E-state index in [0.29, 0.717) is 19.4 Å². The lowest BCUT2D eigenvalue weighted by molar-refractivity contribution is -0.124. The van der Waals surface area contributed by atoms with Crippen LogP contribution in [0.2, 0.25) is 0 Å². The molecule has 1 fully saturated rings. The number of carboxylic acid groups (broad SMARTS) is 1. The molecule has 0 saturated carbocycles. The van der Waals surface area contributed by atoms with Gasteiger partial charge in [0.05, 0.1) is 0 Å². The molecule has 3 N–H and O–H groups in total. The summed E-state index contributed by atoms with van der Waals surface area (Å²) in [5.41, 5.74) is 5.12. The first-order valence-corrected chi connectivity index (χ1v) is 5.52. The number of primary amides is 1. The van der Waals surface area contributed by atoms with Gasteiger partial charge in [-0.1, -0.05) is 20.8 Å². The van der Waals surface area contributed by atoms with E-state index in [1.807, 2.05) is 20.8 Å². The highest BCUT2D eigenvalue weighted by Crippen LogP contribution is 2.34. The van der Waals surface area contributed by atoms with Gasteiger partial charge in [0.15, 0.2) is 0 Å². The summed E-state index contributed by atoms with van der Waals surface area (Å²) < 4.78 is 0. The van der Waals surface area contributed by atoms with Crippen LogP contribution in [0.25, 0.3) is 0 Å². The summed E-state index contributed by atoms with van der Waals surface area (Å²) in [5.74, 6) is -0.515.